The van der Waals surface area contributed by atoms with Gasteiger partial charge < -0.3 is 10.2 Å². The molecule has 0 radical (unpaired) electrons. The van der Waals surface area contributed by atoms with Crippen LogP contribution in [0.1, 0.15) is 24.0 Å². The number of benzene rings is 1. The second-order valence-corrected chi connectivity index (χ2v) is 9.65. The minimum atomic E-state index is -3.58. The highest BCUT2D eigenvalue weighted by molar-refractivity contribution is 7.89. The average molecular weight is 433 g/mol. The number of anilines is 2. The third-order valence-electron chi connectivity index (χ3n) is 5.34. The molecule has 1 aromatic heterocycles. The Balaban J connectivity index is 1.49. The molecule has 1 saturated carbocycles. The van der Waals surface area contributed by atoms with Crippen molar-refractivity contribution in [2.24, 2.45) is 0 Å². The lowest BCUT2D eigenvalue weighted by Gasteiger charge is -2.34. The van der Waals surface area contributed by atoms with Gasteiger partial charge in [0, 0.05) is 32.2 Å². The molecule has 2 aromatic rings. The van der Waals surface area contributed by atoms with Crippen LogP contribution in [0.3, 0.4) is 0 Å². The Morgan fingerprint density at radius 2 is 1.87 bits per heavy atom. The van der Waals surface area contributed by atoms with Gasteiger partial charge in [-0.3, -0.25) is 10.1 Å². The van der Waals surface area contributed by atoms with Gasteiger partial charge >= 0.3 is 5.69 Å². The Hall–Kier alpha value is -2.79. The molecule has 0 unspecified atom stereocenters. The zero-order chi connectivity index (χ0) is 21.5. The fraction of sp³-hybridized carbons (Fsp3) is 0.474. The average Bonchev–Trinajstić information content (AvgIpc) is 3.51. The summed E-state index contributed by atoms with van der Waals surface area (Å²) in [6.07, 6.45) is 3.14. The summed E-state index contributed by atoms with van der Waals surface area (Å²) in [6.45, 7) is 5.13. The largest absolute Gasteiger partial charge is 0.361 e. The van der Waals surface area contributed by atoms with Crippen molar-refractivity contribution in [3.05, 3.63) is 45.6 Å². The van der Waals surface area contributed by atoms with Crippen molar-refractivity contribution in [1.29, 1.82) is 0 Å². The number of rotatable bonds is 6. The number of nitrogens with one attached hydrogen (secondary N) is 1. The van der Waals surface area contributed by atoms with Crippen molar-refractivity contribution in [3.8, 4) is 0 Å². The van der Waals surface area contributed by atoms with Gasteiger partial charge in [0.05, 0.1) is 9.82 Å². The third-order valence-corrected chi connectivity index (χ3v) is 7.40. The summed E-state index contributed by atoms with van der Waals surface area (Å²) in [5, 5.41) is 14.3. The first kappa shape index (κ1) is 20.5. The van der Waals surface area contributed by atoms with E-state index < -0.39 is 14.9 Å². The van der Waals surface area contributed by atoms with Crippen molar-refractivity contribution in [1.82, 2.24) is 14.3 Å². The molecule has 160 valence electrons. The van der Waals surface area contributed by atoms with Crippen molar-refractivity contribution in [2.45, 2.75) is 37.6 Å². The zero-order valence-corrected chi connectivity index (χ0v) is 17.7. The normalized spacial score (nSPS) is 17.7. The number of sulfonamides is 1. The molecular weight excluding hydrogens is 408 g/mol. The molecule has 0 bridgehead atoms. The third kappa shape index (κ3) is 4.08. The summed E-state index contributed by atoms with van der Waals surface area (Å²) in [7, 11) is -3.58. The van der Waals surface area contributed by atoms with Crippen molar-refractivity contribution in [2.75, 3.05) is 36.4 Å². The molecule has 30 heavy (non-hydrogen) atoms. The van der Waals surface area contributed by atoms with Crippen LogP contribution in [0.4, 0.5) is 17.5 Å². The van der Waals surface area contributed by atoms with Crippen LogP contribution in [0.2, 0.25) is 0 Å². The SMILES string of the molecule is Cc1ccc(S(=O)(=O)N2CCN(c3ncc([N+](=O)[O-])c(NC4CC4)n3)CC2)c(C)c1. The van der Waals surface area contributed by atoms with Crippen LogP contribution in [-0.4, -0.2) is 59.8 Å². The van der Waals surface area contributed by atoms with E-state index in [1.54, 1.807) is 19.1 Å². The smallest absolute Gasteiger partial charge is 0.329 e. The topological polar surface area (TPSA) is 122 Å². The molecule has 1 aromatic carbocycles. The van der Waals surface area contributed by atoms with Crippen LogP contribution in [0.25, 0.3) is 0 Å². The Morgan fingerprint density at radius 3 is 2.47 bits per heavy atom. The standard InChI is InChI=1S/C19H24N6O4S/c1-13-3-6-17(14(2)11-13)30(28,29)24-9-7-23(8-10-24)19-20-12-16(25(26)27)18(22-19)21-15-4-5-15/h3,6,11-12,15H,4-5,7-10H2,1-2H3,(H,20,21,22). The molecule has 0 amide bonds. The summed E-state index contributed by atoms with van der Waals surface area (Å²) in [6, 6.07) is 5.53. The Kier molecular flexibility index (Phi) is 5.33. The Bertz CT molecular complexity index is 1080. The van der Waals surface area contributed by atoms with Crippen LogP contribution in [-0.2, 0) is 10.0 Å². The van der Waals surface area contributed by atoms with Crippen LogP contribution in [0.5, 0.6) is 0 Å². The molecule has 4 rings (SSSR count). The second kappa shape index (κ2) is 7.80. The lowest BCUT2D eigenvalue weighted by atomic mass is 10.2. The minimum Gasteiger partial charge on any atom is -0.361 e. The van der Waals surface area contributed by atoms with Crippen LogP contribution >= 0.6 is 0 Å². The Labute approximate surface area is 175 Å². The van der Waals surface area contributed by atoms with Gasteiger partial charge in [-0.25, -0.2) is 13.4 Å². The van der Waals surface area contributed by atoms with Gasteiger partial charge in [0.25, 0.3) is 0 Å². The lowest BCUT2D eigenvalue weighted by Crippen LogP contribution is -2.49. The van der Waals surface area contributed by atoms with Gasteiger partial charge in [-0.2, -0.15) is 9.29 Å². The monoisotopic (exact) mass is 432 g/mol. The molecule has 1 saturated heterocycles. The van der Waals surface area contributed by atoms with Gasteiger partial charge in [0.2, 0.25) is 21.8 Å². The molecule has 1 aliphatic carbocycles. The number of nitro groups is 1. The van der Waals surface area contributed by atoms with E-state index in [1.807, 2.05) is 17.9 Å². The molecule has 0 spiro atoms. The van der Waals surface area contributed by atoms with E-state index in [4.69, 9.17) is 0 Å². The summed E-state index contributed by atoms with van der Waals surface area (Å²) >= 11 is 0. The number of aromatic nitrogens is 2. The zero-order valence-electron chi connectivity index (χ0n) is 16.9. The van der Waals surface area contributed by atoms with E-state index in [1.165, 1.54) is 10.5 Å². The first-order valence-corrected chi connectivity index (χ1v) is 11.3. The van der Waals surface area contributed by atoms with Gasteiger partial charge in [-0.1, -0.05) is 17.7 Å². The van der Waals surface area contributed by atoms with Crippen molar-refractivity contribution < 1.29 is 13.3 Å². The maximum atomic E-state index is 13.1. The fourth-order valence-electron chi connectivity index (χ4n) is 3.54. The van der Waals surface area contributed by atoms with E-state index in [2.05, 4.69) is 15.3 Å². The lowest BCUT2D eigenvalue weighted by molar-refractivity contribution is -0.384. The first-order valence-electron chi connectivity index (χ1n) is 9.86. The quantitative estimate of drug-likeness (QED) is 0.544. The summed E-state index contributed by atoms with van der Waals surface area (Å²) < 4.78 is 27.6. The van der Waals surface area contributed by atoms with E-state index in [0.29, 0.717) is 37.0 Å². The predicted molar refractivity (Wildman–Crippen MR) is 112 cm³/mol. The van der Waals surface area contributed by atoms with E-state index in [0.717, 1.165) is 24.0 Å². The predicted octanol–water partition coefficient (Wildman–Crippen LogP) is 2.09. The number of hydrogen-bond donors (Lipinski definition) is 1. The van der Waals surface area contributed by atoms with E-state index in [-0.39, 0.29) is 17.5 Å². The maximum absolute atomic E-state index is 13.1. The van der Waals surface area contributed by atoms with Crippen LogP contribution in [0, 0.1) is 24.0 Å². The summed E-state index contributed by atoms with van der Waals surface area (Å²) in [4.78, 5) is 21.4. The van der Waals surface area contributed by atoms with Gasteiger partial charge in [0.15, 0.2) is 0 Å². The molecule has 2 heterocycles. The molecule has 1 N–H and O–H groups in total. The first-order chi connectivity index (χ1) is 14.3. The van der Waals surface area contributed by atoms with E-state index in [9.17, 15) is 18.5 Å². The summed E-state index contributed by atoms with van der Waals surface area (Å²) in [5.74, 6) is 0.588. The maximum Gasteiger partial charge on any atom is 0.329 e. The highest BCUT2D eigenvalue weighted by Gasteiger charge is 2.32. The number of hydrogen-bond acceptors (Lipinski definition) is 8. The van der Waals surface area contributed by atoms with Gasteiger partial charge in [-0.05, 0) is 38.3 Å². The van der Waals surface area contributed by atoms with Gasteiger partial charge in [0.1, 0.15) is 6.20 Å². The number of piperazine rings is 1. The number of aryl methyl sites for hydroxylation is 2. The van der Waals surface area contributed by atoms with E-state index >= 15 is 0 Å². The highest BCUT2D eigenvalue weighted by Crippen LogP contribution is 2.30. The molecule has 10 nitrogen and oxygen atoms in total. The minimum absolute atomic E-state index is 0.151. The molecule has 0 atom stereocenters. The molecule has 1 aliphatic heterocycles. The van der Waals surface area contributed by atoms with Crippen LogP contribution in [0.15, 0.2) is 29.3 Å². The second-order valence-electron chi connectivity index (χ2n) is 7.74. The van der Waals surface area contributed by atoms with Gasteiger partial charge in [-0.15, -0.1) is 0 Å². The molecule has 2 aliphatic rings. The van der Waals surface area contributed by atoms with Crippen molar-refractivity contribution in [3.63, 3.8) is 0 Å². The fourth-order valence-corrected chi connectivity index (χ4v) is 5.16. The Morgan fingerprint density at radius 1 is 1.17 bits per heavy atom. The van der Waals surface area contributed by atoms with Crippen LogP contribution < -0.4 is 10.2 Å². The summed E-state index contributed by atoms with van der Waals surface area (Å²) in [5.41, 5.74) is 1.59. The molecular formula is C19H24N6O4S. The number of nitrogens with zero attached hydrogens (tertiary/aromatic N) is 5. The molecule has 2 fully saturated rings. The highest BCUT2D eigenvalue weighted by atomic mass is 32.2. The van der Waals surface area contributed by atoms with Crippen molar-refractivity contribution >= 4 is 27.5 Å². The molecule has 11 heteroatoms.